The van der Waals surface area contributed by atoms with Crippen LogP contribution in [0.25, 0.3) is 11.1 Å². The quantitative estimate of drug-likeness (QED) is 0.593. The van der Waals surface area contributed by atoms with Crippen LogP contribution >= 0.6 is 0 Å². The van der Waals surface area contributed by atoms with Crippen LogP contribution in [0.3, 0.4) is 0 Å². The van der Waals surface area contributed by atoms with Crippen molar-refractivity contribution >= 4 is 16.0 Å². The third-order valence-corrected chi connectivity index (χ3v) is 6.24. The molecule has 0 spiro atoms. The molecule has 0 aliphatic heterocycles. The minimum absolute atomic E-state index is 0.146. The van der Waals surface area contributed by atoms with Gasteiger partial charge >= 0.3 is 5.97 Å². The summed E-state index contributed by atoms with van der Waals surface area (Å²) in [5.41, 5.74) is 3.07. The number of carbonyl (C=O) groups excluding carboxylic acids is 1. The molecule has 5 nitrogen and oxygen atoms in total. The number of sulfonamides is 1. The van der Waals surface area contributed by atoms with E-state index in [1.807, 2.05) is 30.3 Å². The van der Waals surface area contributed by atoms with Gasteiger partial charge in [-0.15, -0.1) is 0 Å². The number of nitrogens with zero attached hydrogens (tertiary/aromatic N) is 1. The van der Waals surface area contributed by atoms with Gasteiger partial charge in [-0.2, -0.15) is 4.31 Å². The number of methoxy groups -OCH3 is 1. The topological polar surface area (TPSA) is 63.7 Å². The molecule has 0 saturated carbocycles. The Morgan fingerprint density at radius 1 is 0.893 bits per heavy atom. The summed E-state index contributed by atoms with van der Waals surface area (Å²) in [4.78, 5) is 11.9. The average molecular weight is 395 g/mol. The molecule has 28 heavy (non-hydrogen) atoms. The Kier molecular flexibility index (Phi) is 5.92. The van der Waals surface area contributed by atoms with Gasteiger partial charge in [0, 0.05) is 13.6 Å². The van der Waals surface area contributed by atoms with Crippen LogP contribution in [0.1, 0.15) is 15.9 Å². The van der Waals surface area contributed by atoms with Crippen molar-refractivity contribution in [3.05, 3.63) is 90.0 Å². The van der Waals surface area contributed by atoms with E-state index in [2.05, 4.69) is 0 Å². The van der Waals surface area contributed by atoms with E-state index in [0.29, 0.717) is 11.1 Å². The van der Waals surface area contributed by atoms with Crippen LogP contribution in [0.4, 0.5) is 0 Å². The Hall–Kier alpha value is -2.96. The molecule has 3 rings (SSSR count). The molecule has 0 aliphatic rings. The van der Waals surface area contributed by atoms with Gasteiger partial charge in [-0.05, 0) is 41.0 Å². The zero-order chi connectivity index (χ0) is 20.1. The van der Waals surface area contributed by atoms with Crippen molar-refractivity contribution in [1.29, 1.82) is 0 Å². The summed E-state index contributed by atoms with van der Waals surface area (Å²) in [7, 11) is -0.828. The van der Waals surface area contributed by atoms with Gasteiger partial charge in [0.25, 0.3) is 0 Å². The van der Waals surface area contributed by atoms with Gasteiger partial charge in [0.2, 0.25) is 10.0 Å². The number of hydrogen-bond donors (Lipinski definition) is 0. The van der Waals surface area contributed by atoms with Gasteiger partial charge in [0.05, 0.1) is 17.6 Å². The molecule has 0 saturated heterocycles. The molecule has 0 bridgehead atoms. The average Bonchev–Trinajstić information content (AvgIpc) is 2.74. The summed E-state index contributed by atoms with van der Waals surface area (Å²) in [6.07, 6.45) is 0. The second-order valence-electron chi connectivity index (χ2n) is 6.34. The molecule has 0 aromatic heterocycles. The Morgan fingerprint density at radius 2 is 1.54 bits per heavy atom. The first-order valence-corrected chi connectivity index (χ1v) is 10.1. The second kappa shape index (κ2) is 8.37. The van der Waals surface area contributed by atoms with E-state index in [-0.39, 0.29) is 11.4 Å². The fraction of sp³-hybridized carbons (Fsp3) is 0.136. The monoisotopic (exact) mass is 395 g/mol. The zero-order valence-corrected chi connectivity index (χ0v) is 16.5. The number of esters is 1. The largest absolute Gasteiger partial charge is 0.465 e. The zero-order valence-electron chi connectivity index (χ0n) is 15.7. The molecule has 0 fully saturated rings. The fourth-order valence-corrected chi connectivity index (χ4v) is 4.05. The van der Waals surface area contributed by atoms with E-state index < -0.39 is 16.0 Å². The third kappa shape index (κ3) is 4.30. The van der Waals surface area contributed by atoms with Crippen LogP contribution < -0.4 is 0 Å². The van der Waals surface area contributed by atoms with Crippen LogP contribution in [0, 0.1) is 0 Å². The maximum atomic E-state index is 12.9. The number of benzene rings is 3. The highest BCUT2D eigenvalue weighted by Crippen LogP contribution is 2.23. The fourth-order valence-electron chi connectivity index (χ4n) is 2.89. The lowest BCUT2D eigenvalue weighted by atomic mass is 10.1. The lowest BCUT2D eigenvalue weighted by Gasteiger charge is -2.18. The lowest BCUT2D eigenvalue weighted by Crippen LogP contribution is -2.26. The van der Waals surface area contributed by atoms with Crippen molar-refractivity contribution in [3.63, 3.8) is 0 Å². The summed E-state index contributed by atoms with van der Waals surface area (Å²) in [6, 6.07) is 23.3. The molecule has 0 amide bonds. The van der Waals surface area contributed by atoms with E-state index in [9.17, 15) is 13.2 Å². The van der Waals surface area contributed by atoms with Gasteiger partial charge < -0.3 is 4.74 Å². The highest BCUT2D eigenvalue weighted by molar-refractivity contribution is 7.89. The maximum absolute atomic E-state index is 12.9. The lowest BCUT2D eigenvalue weighted by molar-refractivity contribution is 0.0600. The van der Waals surface area contributed by atoms with Crippen LogP contribution in [0.2, 0.25) is 0 Å². The minimum atomic E-state index is -3.66. The second-order valence-corrected chi connectivity index (χ2v) is 8.39. The van der Waals surface area contributed by atoms with Crippen LogP contribution in [-0.4, -0.2) is 32.8 Å². The van der Waals surface area contributed by atoms with Crippen molar-refractivity contribution in [3.8, 4) is 11.1 Å². The molecule has 6 heteroatoms. The van der Waals surface area contributed by atoms with E-state index >= 15 is 0 Å². The first-order chi connectivity index (χ1) is 13.4. The van der Waals surface area contributed by atoms with Crippen LogP contribution in [0.5, 0.6) is 0 Å². The van der Waals surface area contributed by atoms with E-state index in [0.717, 1.165) is 11.1 Å². The molecule has 0 aliphatic carbocycles. The van der Waals surface area contributed by atoms with Gasteiger partial charge in [0.15, 0.2) is 0 Å². The van der Waals surface area contributed by atoms with Gasteiger partial charge in [-0.3, -0.25) is 0 Å². The van der Waals surface area contributed by atoms with E-state index in [1.165, 1.54) is 18.5 Å². The SMILES string of the molecule is COC(=O)c1cccc(CN(C)S(=O)(=O)c2ccc(-c3ccccc3)cc2)c1. The van der Waals surface area contributed by atoms with Crippen LogP contribution in [-0.2, 0) is 21.3 Å². The smallest absolute Gasteiger partial charge is 0.337 e. The summed E-state index contributed by atoms with van der Waals surface area (Å²) in [5.74, 6) is -0.455. The van der Waals surface area contributed by atoms with Crippen molar-refractivity contribution in [2.45, 2.75) is 11.4 Å². The molecule has 144 valence electrons. The number of carbonyl (C=O) groups is 1. The Bertz CT molecular complexity index is 1060. The summed E-state index contributed by atoms with van der Waals surface area (Å²) < 4.78 is 31.8. The van der Waals surface area contributed by atoms with Gasteiger partial charge in [-0.25, -0.2) is 13.2 Å². The van der Waals surface area contributed by atoms with E-state index in [4.69, 9.17) is 4.74 Å². The molecule has 0 radical (unpaired) electrons. The molecule has 3 aromatic rings. The number of hydrogen-bond acceptors (Lipinski definition) is 4. The van der Waals surface area contributed by atoms with Gasteiger partial charge in [0.1, 0.15) is 0 Å². The van der Waals surface area contributed by atoms with Crippen molar-refractivity contribution in [1.82, 2.24) is 4.31 Å². The minimum Gasteiger partial charge on any atom is -0.465 e. The number of rotatable bonds is 6. The molecule has 0 N–H and O–H groups in total. The van der Waals surface area contributed by atoms with Crippen molar-refractivity contribution in [2.24, 2.45) is 0 Å². The summed E-state index contributed by atoms with van der Waals surface area (Å²) in [6.45, 7) is 0.146. The summed E-state index contributed by atoms with van der Waals surface area (Å²) in [5, 5.41) is 0. The predicted octanol–water partition coefficient (Wildman–Crippen LogP) is 3.96. The normalized spacial score (nSPS) is 11.4. The first-order valence-electron chi connectivity index (χ1n) is 8.71. The highest BCUT2D eigenvalue weighted by atomic mass is 32.2. The molecule has 3 aromatic carbocycles. The molecule has 0 atom stereocenters. The molecule has 0 heterocycles. The molecular formula is C22H21NO4S. The Labute approximate surface area is 165 Å². The molecule has 0 unspecified atom stereocenters. The predicted molar refractivity (Wildman–Crippen MR) is 108 cm³/mol. The molecular weight excluding hydrogens is 374 g/mol. The Morgan fingerprint density at radius 3 is 2.18 bits per heavy atom. The van der Waals surface area contributed by atoms with Crippen molar-refractivity contribution < 1.29 is 17.9 Å². The van der Waals surface area contributed by atoms with Crippen molar-refractivity contribution in [2.75, 3.05) is 14.2 Å². The standard InChI is InChI=1S/C22H21NO4S/c1-23(16-17-7-6-10-20(15-17)22(24)27-2)28(25,26)21-13-11-19(12-14-21)18-8-4-3-5-9-18/h3-15H,16H2,1-2H3. The Balaban J connectivity index is 1.79. The summed E-state index contributed by atoms with van der Waals surface area (Å²) >= 11 is 0. The number of ether oxygens (including phenoxy) is 1. The highest BCUT2D eigenvalue weighted by Gasteiger charge is 2.21. The maximum Gasteiger partial charge on any atom is 0.337 e. The van der Waals surface area contributed by atoms with E-state index in [1.54, 1.807) is 48.5 Å². The van der Waals surface area contributed by atoms with Gasteiger partial charge in [-0.1, -0.05) is 54.6 Å². The van der Waals surface area contributed by atoms with Crippen LogP contribution in [0.15, 0.2) is 83.8 Å². The third-order valence-electron chi connectivity index (χ3n) is 4.42. The first kappa shape index (κ1) is 19.8.